The van der Waals surface area contributed by atoms with Gasteiger partial charge in [0, 0.05) is 25.7 Å². The van der Waals surface area contributed by atoms with Crippen LogP contribution in [0.25, 0.3) is 6.08 Å². The van der Waals surface area contributed by atoms with Gasteiger partial charge in [0.05, 0.1) is 12.3 Å². The Labute approximate surface area is 130 Å². The van der Waals surface area contributed by atoms with Crippen LogP contribution < -0.4 is 0 Å². The molecule has 1 aromatic carbocycles. The number of hydrogen-bond donors (Lipinski definition) is 0. The lowest BCUT2D eigenvalue weighted by Gasteiger charge is -2.39. The van der Waals surface area contributed by atoms with Gasteiger partial charge in [0.25, 0.3) is 0 Å². The summed E-state index contributed by atoms with van der Waals surface area (Å²) in [5.74, 6) is 0.720. The molecule has 0 N–H and O–H groups in total. The minimum Gasteiger partial charge on any atom is -0.465 e. The second-order valence-corrected chi connectivity index (χ2v) is 5.57. The summed E-state index contributed by atoms with van der Waals surface area (Å²) in [6, 6.07) is 13.9. The molecular weight excluding hydrogens is 276 g/mol. The van der Waals surface area contributed by atoms with E-state index in [0.717, 1.165) is 19.6 Å². The second kappa shape index (κ2) is 6.62. The first-order valence-corrected chi connectivity index (χ1v) is 7.50. The molecule has 2 aromatic rings. The first-order valence-electron chi connectivity index (χ1n) is 7.50. The van der Waals surface area contributed by atoms with E-state index in [4.69, 9.17) is 4.42 Å². The van der Waals surface area contributed by atoms with E-state index < -0.39 is 0 Å². The number of rotatable bonds is 3. The van der Waals surface area contributed by atoms with Gasteiger partial charge in [-0.25, -0.2) is 0 Å². The highest BCUT2D eigenvalue weighted by molar-refractivity contribution is 5.91. The summed E-state index contributed by atoms with van der Waals surface area (Å²) in [5.41, 5.74) is 1.17. The van der Waals surface area contributed by atoms with Gasteiger partial charge < -0.3 is 14.2 Å². The van der Waals surface area contributed by atoms with Crippen molar-refractivity contribution in [2.24, 2.45) is 0 Å². The fraction of sp³-hybridized carbons (Fsp3) is 0.278. The minimum atomic E-state index is 0.0263. The van der Waals surface area contributed by atoms with Crippen LogP contribution in [0.4, 0.5) is 0 Å². The largest absolute Gasteiger partial charge is 0.465 e. The molecule has 3 rings (SSSR count). The first kappa shape index (κ1) is 14.6. The summed E-state index contributed by atoms with van der Waals surface area (Å²) in [5, 5.41) is 0. The summed E-state index contributed by atoms with van der Waals surface area (Å²) < 4.78 is 5.23. The highest BCUT2D eigenvalue weighted by atomic mass is 16.3. The Balaban J connectivity index is 1.79. The number of amides is 1. The Hall–Kier alpha value is -2.33. The van der Waals surface area contributed by atoms with Gasteiger partial charge >= 0.3 is 0 Å². The van der Waals surface area contributed by atoms with Gasteiger partial charge in [0.15, 0.2) is 0 Å². The summed E-state index contributed by atoms with van der Waals surface area (Å²) in [4.78, 5) is 16.8. The quantitative estimate of drug-likeness (QED) is 0.817. The molecule has 22 heavy (non-hydrogen) atoms. The molecule has 1 aliphatic rings. The van der Waals surface area contributed by atoms with Gasteiger partial charge in [-0.2, -0.15) is 0 Å². The van der Waals surface area contributed by atoms with Crippen LogP contribution in [0.3, 0.4) is 0 Å². The molecule has 0 aliphatic carbocycles. The van der Waals surface area contributed by atoms with E-state index >= 15 is 0 Å². The molecule has 1 saturated heterocycles. The Morgan fingerprint density at radius 2 is 2.00 bits per heavy atom. The second-order valence-electron chi connectivity index (χ2n) is 5.57. The normalized spacial score (nSPS) is 19.7. The van der Waals surface area contributed by atoms with Gasteiger partial charge in [-0.1, -0.05) is 30.3 Å². The zero-order chi connectivity index (χ0) is 15.4. The predicted octanol–water partition coefficient (Wildman–Crippen LogP) is 2.81. The number of carbonyl (C=O) groups excluding carboxylic acids is 1. The molecule has 114 valence electrons. The van der Waals surface area contributed by atoms with Crippen molar-refractivity contribution in [3.05, 3.63) is 66.1 Å². The van der Waals surface area contributed by atoms with Crippen molar-refractivity contribution in [1.29, 1.82) is 0 Å². The van der Waals surface area contributed by atoms with Gasteiger partial charge in [-0.15, -0.1) is 0 Å². The molecule has 4 nitrogen and oxygen atoms in total. The average Bonchev–Trinajstić information content (AvgIpc) is 3.07. The number of hydrogen-bond acceptors (Lipinski definition) is 3. The Morgan fingerprint density at radius 3 is 2.73 bits per heavy atom. The highest BCUT2D eigenvalue weighted by Crippen LogP contribution is 2.25. The van der Waals surface area contributed by atoms with Crippen LogP contribution in [0.1, 0.15) is 17.4 Å². The number of likely N-dealkylation sites (N-methyl/N-ethyl adjacent to an activating group) is 1. The molecular formula is C18H20N2O2. The zero-order valence-corrected chi connectivity index (χ0v) is 12.7. The van der Waals surface area contributed by atoms with E-state index in [1.54, 1.807) is 18.4 Å². The minimum absolute atomic E-state index is 0.0263. The number of nitrogens with zero attached hydrogens (tertiary/aromatic N) is 2. The molecule has 1 aromatic heterocycles. The average molecular weight is 296 g/mol. The van der Waals surface area contributed by atoms with Crippen LogP contribution in [0, 0.1) is 0 Å². The molecule has 1 amide bonds. The van der Waals surface area contributed by atoms with Crippen molar-refractivity contribution in [1.82, 2.24) is 9.80 Å². The fourth-order valence-electron chi connectivity index (χ4n) is 2.78. The van der Waals surface area contributed by atoms with Crippen molar-refractivity contribution in [2.45, 2.75) is 6.04 Å². The van der Waals surface area contributed by atoms with E-state index in [1.165, 1.54) is 5.56 Å². The maximum Gasteiger partial charge on any atom is 0.247 e. The third-order valence-corrected chi connectivity index (χ3v) is 3.98. The van der Waals surface area contributed by atoms with Crippen LogP contribution in [-0.2, 0) is 4.79 Å². The van der Waals surface area contributed by atoms with Crippen molar-refractivity contribution in [2.75, 3.05) is 26.7 Å². The van der Waals surface area contributed by atoms with Crippen LogP contribution in [0.5, 0.6) is 0 Å². The maximum atomic E-state index is 12.6. The SMILES string of the molecule is CN1CCN(C(=O)/C=C\c2ccco2)[C@@H](c2ccccc2)C1. The summed E-state index contributed by atoms with van der Waals surface area (Å²) >= 11 is 0. The number of carbonyl (C=O) groups is 1. The third-order valence-electron chi connectivity index (χ3n) is 3.98. The summed E-state index contributed by atoms with van der Waals surface area (Å²) in [6.45, 7) is 2.48. The summed E-state index contributed by atoms with van der Waals surface area (Å²) in [7, 11) is 2.09. The van der Waals surface area contributed by atoms with Gasteiger partial charge in [0.1, 0.15) is 5.76 Å². The fourth-order valence-corrected chi connectivity index (χ4v) is 2.78. The third kappa shape index (κ3) is 3.28. The van der Waals surface area contributed by atoms with Gasteiger partial charge in [-0.3, -0.25) is 4.79 Å². The molecule has 0 bridgehead atoms. The van der Waals surface area contributed by atoms with E-state index in [0.29, 0.717) is 5.76 Å². The van der Waals surface area contributed by atoms with Crippen LogP contribution in [0.2, 0.25) is 0 Å². The van der Waals surface area contributed by atoms with Gasteiger partial charge in [0.2, 0.25) is 5.91 Å². The topological polar surface area (TPSA) is 36.7 Å². The van der Waals surface area contributed by atoms with Crippen LogP contribution in [0.15, 0.2) is 59.2 Å². The lowest BCUT2D eigenvalue weighted by Crippen LogP contribution is -2.48. The highest BCUT2D eigenvalue weighted by Gasteiger charge is 2.28. The van der Waals surface area contributed by atoms with E-state index in [2.05, 4.69) is 24.1 Å². The Bertz CT molecular complexity index is 634. The molecule has 4 heteroatoms. The van der Waals surface area contributed by atoms with E-state index in [-0.39, 0.29) is 11.9 Å². The number of benzene rings is 1. The molecule has 0 saturated carbocycles. The van der Waals surface area contributed by atoms with E-state index in [1.807, 2.05) is 35.2 Å². The Morgan fingerprint density at radius 1 is 1.18 bits per heavy atom. The van der Waals surface area contributed by atoms with Gasteiger partial charge in [-0.05, 0) is 30.8 Å². The summed E-state index contributed by atoms with van der Waals surface area (Å²) in [6.07, 6.45) is 4.93. The lowest BCUT2D eigenvalue weighted by molar-refractivity contribution is -0.130. The van der Waals surface area contributed by atoms with Crippen molar-refractivity contribution >= 4 is 12.0 Å². The number of furan rings is 1. The molecule has 0 radical (unpaired) electrons. The van der Waals surface area contributed by atoms with Crippen molar-refractivity contribution in [3.8, 4) is 0 Å². The van der Waals surface area contributed by atoms with Crippen LogP contribution in [-0.4, -0.2) is 42.4 Å². The number of piperazine rings is 1. The van der Waals surface area contributed by atoms with Crippen molar-refractivity contribution < 1.29 is 9.21 Å². The van der Waals surface area contributed by atoms with E-state index in [9.17, 15) is 4.79 Å². The van der Waals surface area contributed by atoms with Crippen molar-refractivity contribution in [3.63, 3.8) is 0 Å². The molecule has 1 aliphatic heterocycles. The monoisotopic (exact) mass is 296 g/mol. The molecule has 1 atom stereocenters. The smallest absolute Gasteiger partial charge is 0.247 e. The Kier molecular flexibility index (Phi) is 4.39. The standard InChI is InChI=1S/C18H20N2O2/c1-19-11-12-20(17(14-19)15-6-3-2-4-7-15)18(21)10-9-16-8-5-13-22-16/h2-10,13,17H,11-12,14H2,1H3/b10-9-/t17-/m1/s1. The predicted molar refractivity (Wildman–Crippen MR) is 86.1 cm³/mol. The molecule has 0 spiro atoms. The molecule has 2 heterocycles. The lowest BCUT2D eigenvalue weighted by atomic mass is 10.0. The first-order chi connectivity index (χ1) is 10.7. The molecule has 1 fully saturated rings. The van der Waals surface area contributed by atoms with Crippen LogP contribution >= 0.6 is 0 Å². The maximum absolute atomic E-state index is 12.6. The molecule has 0 unspecified atom stereocenters. The zero-order valence-electron chi connectivity index (χ0n) is 12.7.